The number of nitrogens with two attached hydrogens (primary N) is 1. The van der Waals surface area contributed by atoms with Crippen molar-refractivity contribution in [3.63, 3.8) is 0 Å². The van der Waals surface area contributed by atoms with Gasteiger partial charge in [0, 0.05) is 0 Å². The lowest BCUT2D eigenvalue weighted by Crippen LogP contribution is -1.96. The van der Waals surface area contributed by atoms with E-state index in [9.17, 15) is 0 Å². The number of nitrogen functional groups attached to an aromatic ring is 1. The summed E-state index contributed by atoms with van der Waals surface area (Å²) in [4.78, 5) is 4.23. The third kappa shape index (κ3) is 1.79. The molecule has 0 radical (unpaired) electrons. The lowest BCUT2D eigenvalue weighted by atomic mass is 10.2. The number of thiazole rings is 1. The number of ether oxygens (including phenoxy) is 3. The van der Waals surface area contributed by atoms with Crippen LogP contribution in [0.1, 0.15) is 0 Å². The summed E-state index contributed by atoms with van der Waals surface area (Å²) in [5.74, 6) is 1.59. The van der Waals surface area contributed by atoms with E-state index in [0.717, 1.165) is 9.17 Å². The molecule has 1 aromatic heterocycles. The smallest absolute Gasteiger partial charge is 0.206 e. The fourth-order valence-corrected chi connectivity index (χ4v) is 3.15. The molecular formula is C10H11BrN2O3S. The molecule has 0 saturated heterocycles. The van der Waals surface area contributed by atoms with Crippen molar-refractivity contribution in [1.29, 1.82) is 0 Å². The Kier molecular flexibility index (Phi) is 3.30. The first kappa shape index (κ1) is 12.3. The summed E-state index contributed by atoms with van der Waals surface area (Å²) in [6, 6.07) is 0. The van der Waals surface area contributed by atoms with Gasteiger partial charge in [0.1, 0.15) is 5.52 Å². The van der Waals surface area contributed by atoms with Crippen molar-refractivity contribution in [2.75, 3.05) is 27.1 Å². The maximum atomic E-state index is 5.72. The molecular weight excluding hydrogens is 308 g/mol. The van der Waals surface area contributed by atoms with Gasteiger partial charge in [-0.1, -0.05) is 11.3 Å². The molecule has 0 unspecified atom stereocenters. The van der Waals surface area contributed by atoms with Gasteiger partial charge < -0.3 is 19.9 Å². The lowest BCUT2D eigenvalue weighted by molar-refractivity contribution is 0.326. The number of aromatic nitrogens is 1. The van der Waals surface area contributed by atoms with Crippen LogP contribution in [0.5, 0.6) is 17.2 Å². The van der Waals surface area contributed by atoms with Crippen LogP contribution in [0.15, 0.2) is 4.47 Å². The molecule has 0 bridgehead atoms. The zero-order chi connectivity index (χ0) is 12.6. The van der Waals surface area contributed by atoms with Gasteiger partial charge >= 0.3 is 0 Å². The van der Waals surface area contributed by atoms with Crippen LogP contribution in [0.2, 0.25) is 0 Å². The van der Waals surface area contributed by atoms with Crippen LogP contribution >= 0.6 is 27.3 Å². The van der Waals surface area contributed by atoms with Gasteiger partial charge in [0.25, 0.3) is 0 Å². The van der Waals surface area contributed by atoms with Crippen molar-refractivity contribution in [1.82, 2.24) is 4.98 Å². The maximum absolute atomic E-state index is 5.72. The number of rotatable bonds is 3. The molecule has 17 heavy (non-hydrogen) atoms. The van der Waals surface area contributed by atoms with Crippen molar-refractivity contribution in [2.24, 2.45) is 0 Å². The Hall–Kier alpha value is -1.21. The van der Waals surface area contributed by atoms with Crippen molar-refractivity contribution in [3.05, 3.63) is 4.47 Å². The summed E-state index contributed by atoms with van der Waals surface area (Å²) in [7, 11) is 4.67. The predicted octanol–water partition coefficient (Wildman–Crippen LogP) is 2.67. The lowest BCUT2D eigenvalue weighted by Gasteiger charge is -2.13. The van der Waals surface area contributed by atoms with E-state index in [1.54, 1.807) is 21.3 Å². The number of benzene rings is 1. The topological polar surface area (TPSA) is 66.6 Å². The number of nitrogens with zero attached hydrogens (tertiary/aromatic N) is 1. The molecule has 1 heterocycles. The van der Waals surface area contributed by atoms with E-state index >= 15 is 0 Å². The van der Waals surface area contributed by atoms with E-state index in [-0.39, 0.29) is 0 Å². The molecule has 2 aromatic rings. The Labute approximate surface area is 111 Å². The van der Waals surface area contributed by atoms with Gasteiger partial charge in [-0.25, -0.2) is 4.98 Å². The number of methoxy groups -OCH3 is 3. The second-order valence-corrected chi connectivity index (χ2v) is 4.97. The Morgan fingerprint density at radius 1 is 1.06 bits per heavy atom. The van der Waals surface area contributed by atoms with Gasteiger partial charge in [-0.05, 0) is 15.9 Å². The standard InChI is InChI=1S/C10H11BrN2O3S/c1-14-6-4(11)9-5(13-10(12)17-9)7(15-2)8(6)16-3/h1-3H3,(H2,12,13). The zero-order valence-corrected chi connectivity index (χ0v) is 11.9. The third-order valence-corrected chi connectivity index (χ3v) is 4.20. The number of hydrogen-bond acceptors (Lipinski definition) is 6. The molecule has 0 aliphatic rings. The molecule has 0 aliphatic heterocycles. The first-order chi connectivity index (χ1) is 8.13. The molecule has 5 nitrogen and oxygen atoms in total. The molecule has 0 aliphatic carbocycles. The van der Waals surface area contributed by atoms with Gasteiger partial charge in [0.05, 0.1) is 30.5 Å². The Bertz CT molecular complexity index is 570. The highest BCUT2D eigenvalue weighted by Crippen LogP contribution is 2.50. The molecule has 2 N–H and O–H groups in total. The van der Waals surface area contributed by atoms with Crippen molar-refractivity contribution < 1.29 is 14.2 Å². The van der Waals surface area contributed by atoms with Gasteiger partial charge in [0.15, 0.2) is 16.6 Å². The van der Waals surface area contributed by atoms with Crippen LogP contribution in [0.4, 0.5) is 5.13 Å². The summed E-state index contributed by atoms with van der Waals surface area (Å²) < 4.78 is 17.6. The van der Waals surface area contributed by atoms with E-state index in [0.29, 0.717) is 27.9 Å². The van der Waals surface area contributed by atoms with E-state index < -0.39 is 0 Å². The fraction of sp³-hybridized carbons (Fsp3) is 0.300. The minimum Gasteiger partial charge on any atom is -0.492 e. The Morgan fingerprint density at radius 2 is 1.65 bits per heavy atom. The predicted molar refractivity (Wildman–Crippen MR) is 71.4 cm³/mol. The van der Waals surface area contributed by atoms with Crippen molar-refractivity contribution in [3.8, 4) is 17.2 Å². The molecule has 0 fully saturated rings. The van der Waals surface area contributed by atoms with Crippen LogP contribution < -0.4 is 19.9 Å². The van der Waals surface area contributed by atoms with E-state index in [2.05, 4.69) is 20.9 Å². The normalized spacial score (nSPS) is 10.6. The van der Waals surface area contributed by atoms with Crippen LogP contribution in [-0.2, 0) is 0 Å². The zero-order valence-electron chi connectivity index (χ0n) is 9.54. The highest BCUT2D eigenvalue weighted by Gasteiger charge is 2.23. The second-order valence-electron chi connectivity index (χ2n) is 3.14. The van der Waals surface area contributed by atoms with Gasteiger partial charge in [-0.2, -0.15) is 0 Å². The van der Waals surface area contributed by atoms with Crippen LogP contribution in [0.25, 0.3) is 10.2 Å². The number of fused-ring (bicyclic) bond motifs is 1. The molecule has 0 spiro atoms. The number of hydrogen-bond donors (Lipinski definition) is 1. The average Bonchev–Trinajstić information content (AvgIpc) is 2.70. The first-order valence-electron chi connectivity index (χ1n) is 4.67. The third-order valence-electron chi connectivity index (χ3n) is 2.28. The largest absolute Gasteiger partial charge is 0.492 e. The maximum Gasteiger partial charge on any atom is 0.206 e. The average molecular weight is 319 g/mol. The molecule has 0 atom stereocenters. The quantitative estimate of drug-likeness (QED) is 0.942. The monoisotopic (exact) mass is 318 g/mol. The summed E-state index contributed by atoms with van der Waals surface area (Å²) >= 11 is 4.83. The second kappa shape index (κ2) is 4.58. The molecule has 0 amide bonds. The summed E-state index contributed by atoms with van der Waals surface area (Å²) in [5, 5.41) is 0.467. The highest BCUT2D eigenvalue weighted by atomic mass is 79.9. The SMILES string of the molecule is COc1c(OC)c(Br)c2sc(N)nc2c1OC. The van der Waals surface area contributed by atoms with Gasteiger partial charge in [-0.15, -0.1) is 0 Å². The molecule has 92 valence electrons. The van der Waals surface area contributed by atoms with E-state index in [1.165, 1.54) is 11.3 Å². The molecule has 0 saturated carbocycles. The molecule has 7 heteroatoms. The molecule has 1 aromatic carbocycles. The van der Waals surface area contributed by atoms with Gasteiger partial charge in [0.2, 0.25) is 5.75 Å². The van der Waals surface area contributed by atoms with Crippen LogP contribution in [0, 0.1) is 0 Å². The first-order valence-corrected chi connectivity index (χ1v) is 6.28. The number of halogens is 1. The summed E-state index contributed by atoms with van der Waals surface area (Å²) in [5.41, 5.74) is 6.38. The van der Waals surface area contributed by atoms with E-state index in [1.807, 2.05) is 0 Å². The van der Waals surface area contributed by atoms with Gasteiger partial charge in [-0.3, -0.25) is 0 Å². The van der Waals surface area contributed by atoms with E-state index in [4.69, 9.17) is 19.9 Å². The van der Waals surface area contributed by atoms with Crippen LogP contribution in [-0.4, -0.2) is 26.3 Å². The highest BCUT2D eigenvalue weighted by molar-refractivity contribution is 9.10. The van der Waals surface area contributed by atoms with Crippen molar-refractivity contribution in [2.45, 2.75) is 0 Å². The summed E-state index contributed by atoms with van der Waals surface area (Å²) in [6.07, 6.45) is 0. The Balaban J connectivity index is 2.92. The molecule has 2 rings (SSSR count). The minimum atomic E-state index is 0.467. The fourth-order valence-electron chi connectivity index (χ4n) is 1.61. The Morgan fingerprint density at radius 3 is 2.18 bits per heavy atom. The number of anilines is 1. The minimum absolute atomic E-state index is 0.467. The van der Waals surface area contributed by atoms with Crippen molar-refractivity contribution >= 4 is 42.6 Å². The summed E-state index contributed by atoms with van der Waals surface area (Å²) in [6.45, 7) is 0. The van der Waals surface area contributed by atoms with Crippen LogP contribution in [0.3, 0.4) is 0 Å².